The molecule has 4 N–H and O–H groups in total. The third-order valence-corrected chi connectivity index (χ3v) is 5.74. The molecule has 0 bridgehead atoms. The Hall–Kier alpha value is -1.63. The fourth-order valence-electron chi connectivity index (χ4n) is 4.08. The summed E-state index contributed by atoms with van der Waals surface area (Å²) >= 11 is 0. The molecule has 1 aliphatic carbocycles. The van der Waals surface area contributed by atoms with Gasteiger partial charge in [-0.15, -0.1) is 0 Å². The van der Waals surface area contributed by atoms with Crippen LogP contribution in [0.15, 0.2) is 0 Å². The predicted molar refractivity (Wildman–Crippen MR) is 105 cm³/mol. The smallest absolute Gasteiger partial charge is 0.243 e. The van der Waals surface area contributed by atoms with Crippen molar-refractivity contribution < 1.29 is 14.4 Å². The van der Waals surface area contributed by atoms with Gasteiger partial charge in [0.1, 0.15) is 12.1 Å². The van der Waals surface area contributed by atoms with Crippen LogP contribution in [0, 0.1) is 11.3 Å². The summed E-state index contributed by atoms with van der Waals surface area (Å²) in [7, 11) is 1.60. The van der Waals surface area contributed by atoms with Gasteiger partial charge in [-0.25, -0.2) is 0 Å². The van der Waals surface area contributed by atoms with E-state index in [1.807, 2.05) is 20.8 Å². The van der Waals surface area contributed by atoms with E-state index in [1.165, 1.54) is 6.42 Å². The molecule has 1 saturated heterocycles. The van der Waals surface area contributed by atoms with E-state index in [-0.39, 0.29) is 29.7 Å². The van der Waals surface area contributed by atoms with Crippen LogP contribution < -0.4 is 21.3 Å². The van der Waals surface area contributed by atoms with E-state index < -0.39 is 17.5 Å². The van der Waals surface area contributed by atoms with Crippen LogP contribution in [-0.4, -0.2) is 49.4 Å². The molecule has 1 heterocycles. The van der Waals surface area contributed by atoms with Crippen molar-refractivity contribution in [3.63, 3.8) is 0 Å². The molecule has 3 atom stereocenters. The first kappa shape index (κ1) is 21.7. The van der Waals surface area contributed by atoms with Gasteiger partial charge in [0.2, 0.25) is 17.7 Å². The highest BCUT2D eigenvalue weighted by Gasteiger charge is 2.38. The molecule has 7 heteroatoms. The van der Waals surface area contributed by atoms with Gasteiger partial charge in [-0.1, -0.05) is 40.0 Å². The monoisotopic (exact) mass is 380 g/mol. The summed E-state index contributed by atoms with van der Waals surface area (Å²) in [6.45, 7) is 6.60. The number of amides is 3. The lowest BCUT2D eigenvalue weighted by molar-refractivity contribution is -0.135. The maximum atomic E-state index is 13.1. The minimum atomic E-state index is -0.692. The van der Waals surface area contributed by atoms with Crippen molar-refractivity contribution in [2.45, 2.75) is 83.8 Å². The average molecular weight is 381 g/mol. The van der Waals surface area contributed by atoms with E-state index in [9.17, 15) is 14.4 Å². The highest BCUT2D eigenvalue weighted by molar-refractivity contribution is 5.93. The Morgan fingerprint density at radius 3 is 2.11 bits per heavy atom. The zero-order valence-electron chi connectivity index (χ0n) is 17.2. The number of likely N-dealkylation sites (N-methyl/N-ethyl adjacent to an activating group) is 1. The molecule has 1 saturated carbocycles. The summed E-state index contributed by atoms with van der Waals surface area (Å²) in [6, 6.07) is -1.48. The van der Waals surface area contributed by atoms with Gasteiger partial charge in [-0.05, 0) is 43.6 Å². The Kier molecular flexibility index (Phi) is 7.65. The Bertz CT molecular complexity index is 532. The molecule has 2 aliphatic rings. The molecule has 2 rings (SSSR count). The number of hydrogen-bond acceptors (Lipinski definition) is 4. The Morgan fingerprint density at radius 2 is 1.59 bits per heavy atom. The molecule has 154 valence electrons. The quantitative estimate of drug-likeness (QED) is 0.554. The van der Waals surface area contributed by atoms with Gasteiger partial charge in [0, 0.05) is 7.05 Å². The molecular weight excluding hydrogens is 344 g/mol. The lowest BCUT2D eigenvalue weighted by Crippen LogP contribution is -2.60. The SMILES string of the molecule is CNC(=O)[C@@H](NC(=O)[C@@H](NC(=O)[C@@H]1CCCN1)C(C)(C)C)C1CCCCC1. The zero-order chi connectivity index (χ0) is 20.0. The molecule has 0 unspecified atom stereocenters. The zero-order valence-corrected chi connectivity index (χ0v) is 17.2. The van der Waals surface area contributed by atoms with E-state index in [4.69, 9.17) is 0 Å². The third kappa shape index (κ3) is 5.92. The minimum Gasteiger partial charge on any atom is -0.357 e. The van der Waals surface area contributed by atoms with Gasteiger partial charge in [-0.3, -0.25) is 14.4 Å². The average Bonchev–Trinajstić information content (AvgIpc) is 3.17. The Balaban J connectivity index is 2.09. The molecule has 0 spiro atoms. The molecule has 27 heavy (non-hydrogen) atoms. The van der Waals surface area contributed by atoms with Gasteiger partial charge >= 0.3 is 0 Å². The van der Waals surface area contributed by atoms with E-state index in [2.05, 4.69) is 21.3 Å². The van der Waals surface area contributed by atoms with Crippen molar-refractivity contribution in [3.05, 3.63) is 0 Å². The second kappa shape index (κ2) is 9.53. The van der Waals surface area contributed by atoms with Crippen LogP contribution in [0.5, 0.6) is 0 Å². The van der Waals surface area contributed by atoms with Gasteiger partial charge < -0.3 is 21.3 Å². The van der Waals surface area contributed by atoms with Crippen molar-refractivity contribution in [1.29, 1.82) is 0 Å². The summed E-state index contributed by atoms with van der Waals surface area (Å²) in [5.41, 5.74) is -0.460. The van der Waals surface area contributed by atoms with Crippen molar-refractivity contribution in [1.82, 2.24) is 21.3 Å². The predicted octanol–water partition coefficient (Wildman–Crippen LogP) is 1.08. The van der Waals surface area contributed by atoms with Gasteiger partial charge in [0.25, 0.3) is 0 Å². The highest BCUT2D eigenvalue weighted by Crippen LogP contribution is 2.27. The number of carbonyl (C=O) groups excluding carboxylic acids is 3. The van der Waals surface area contributed by atoms with Crippen molar-refractivity contribution in [3.8, 4) is 0 Å². The maximum absolute atomic E-state index is 13.1. The number of nitrogens with one attached hydrogen (secondary N) is 4. The van der Waals surface area contributed by atoms with Crippen LogP contribution in [0.1, 0.15) is 65.7 Å². The molecule has 0 aromatic carbocycles. The van der Waals surface area contributed by atoms with Crippen LogP contribution in [0.25, 0.3) is 0 Å². The van der Waals surface area contributed by atoms with Crippen molar-refractivity contribution in [2.75, 3.05) is 13.6 Å². The van der Waals surface area contributed by atoms with Crippen LogP contribution in [0.4, 0.5) is 0 Å². The molecule has 0 aromatic heterocycles. The largest absolute Gasteiger partial charge is 0.357 e. The lowest BCUT2D eigenvalue weighted by atomic mass is 9.82. The summed E-state index contributed by atoms with van der Waals surface area (Å²) in [6.07, 6.45) is 6.98. The first-order valence-electron chi connectivity index (χ1n) is 10.3. The van der Waals surface area contributed by atoms with E-state index in [0.717, 1.165) is 45.1 Å². The number of rotatable bonds is 6. The number of carbonyl (C=O) groups is 3. The van der Waals surface area contributed by atoms with E-state index >= 15 is 0 Å². The first-order chi connectivity index (χ1) is 12.7. The highest BCUT2D eigenvalue weighted by atomic mass is 16.2. The van der Waals surface area contributed by atoms with Crippen molar-refractivity contribution >= 4 is 17.7 Å². The van der Waals surface area contributed by atoms with Gasteiger partial charge in [0.05, 0.1) is 6.04 Å². The fourth-order valence-corrected chi connectivity index (χ4v) is 4.08. The molecule has 3 amide bonds. The molecule has 2 fully saturated rings. The second-order valence-corrected chi connectivity index (χ2v) is 8.96. The van der Waals surface area contributed by atoms with Crippen molar-refractivity contribution in [2.24, 2.45) is 11.3 Å². The van der Waals surface area contributed by atoms with Gasteiger partial charge in [-0.2, -0.15) is 0 Å². The van der Waals surface area contributed by atoms with Crippen LogP contribution >= 0.6 is 0 Å². The molecule has 1 aliphatic heterocycles. The summed E-state index contributed by atoms with van der Waals surface area (Å²) in [4.78, 5) is 38.1. The second-order valence-electron chi connectivity index (χ2n) is 8.96. The standard InChI is InChI=1S/C20H36N4O3/c1-20(2,3)16(24-17(25)14-11-8-12-22-14)19(27)23-15(18(26)21-4)13-9-6-5-7-10-13/h13-16,22H,5-12H2,1-4H3,(H,21,26)(H,23,27)(H,24,25)/t14-,15-,16+/m0/s1. The van der Waals surface area contributed by atoms with Crippen LogP contribution in [0.3, 0.4) is 0 Å². The Morgan fingerprint density at radius 1 is 0.926 bits per heavy atom. The topological polar surface area (TPSA) is 99.3 Å². The van der Waals surface area contributed by atoms with Gasteiger partial charge in [0.15, 0.2) is 0 Å². The Labute approximate surface area is 162 Å². The molecular formula is C20H36N4O3. The van der Waals surface area contributed by atoms with E-state index in [1.54, 1.807) is 7.05 Å². The normalized spacial score (nSPS) is 23.3. The van der Waals surface area contributed by atoms with E-state index in [0.29, 0.717) is 0 Å². The summed E-state index contributed by atoms with van der Waals surface area (Å²) < 4.78 is 0. The summed E-state index contributed by atoms with van der Waals surface area (Å²) in [5.74, 6) is -0.438. The van der Waals surface area contributed by atoms with Crippen LogP contribution in [0.2, 0.25) is 0 Å². The molecule has 7 nitrogen and oxygen atoms in total. The molecule has 0 aromatic rings. The number of hydrogen-bond donors (Lipinski definition) is 4. The molecule has 0 radical (unpaired) electrons. The summed E-state index contributed by atoms with van der Waals surface area (Å²) in [5, 5.41) is 11.7. The minimum absolute atomic E-state index is 0.142. The lowest BCUT2D eigenvalue weighted by Gasteiger charge is -2.35. The van der Waals surface area contributed by atoms with Crippen LogP contribution in [-0.2, 0) is 14.4 Å². The third-order valence-electron chi connectivity index (χ3n) is 5.74. The maximum Gasteiger partial charge on any atom is 0.243 e. The fraction of sp³-hybridized carbons (Fsp3) is 0.850. The first-order valence-corrected chi connectivity index (χ1v) is 10.3.